The third-order valence-electron chi connectivity index (χ3n) is 3.97. The van der Waals surface area contributed by atoms with Gasteiger partial charge in [0.15, 0.2) is 0 Å². The Hall–Kier alpha value is -2.69. The largest absolute Gasteiger partial charge is 0.354 e. The fourth-order valence-electron chi connectivity index (χ4n) is 2.87. The van der Waals surface area contributed by atoms with E-state index < -0.39 is 0 Å². The van der Waals surface area contributed by atoms with E-state index in [-0.39, 0.29) is 24.4 Å². The van der Waals surface area contributed by atoms with Gasteiger partial charge in [-0.2, -0.15) is 0 Å². The number of hydrogen-bond donors (Lipinski definition) is 1. The molecule has 1 aliphatic rings. The highest BCUT2D eigenvalue weighted by Gasteiger charge is 2.33. The molecule has 22 heavy (non-hydrogen) atoms. The summed E-state index contributed by atoms with van der Waals surface area (Å²) in [5.74, 6) is -0.0686. The quantitative estimate of drug-likeness (QED) is 0.885. The molecule has 0 saturated carbocycles. The number of benzene rings is 2. The van der Waals surface area contributed by atoms with E-state index in [0.717, 1.165) is 11.1 Å². The molecule has 1 N–H and O–H groups in total. The third kappa shape index (κ3) is 2.83. The van der Waals surface area contributed by atoms with Crippen molar-refractivity contribution in [1.29, 1.82) is 0 Å². The van der Waals surface area contributed by atoms with Crippen molar-refractivity contribution in [3.63, 3.8) is 0 Å². The molecule has 1 amide bonds. The molecule has 0 aliphatic carbocycles. The molecule has 5 heteroatoms. The second-order valence-corrected chi connectivity index (χ2v) is 5.32. The van der Waals surface area contributed by atoms with Crippen LogP contribution in [0, 0.1) is 4.91 Å². The Morgan fingerprint density at radius 3 is 2.00 bits per heavy atom. The minimum atomic E-state index is -0.355. The van der Waals surface area contributed by atoms with Gasteiger partial charge in [0.05, 0.1) is 23.8 Å². The normalized spacial score (nSPS) is 21.8. The first-order valence-corrected chi connectivity index (χ1v) is 7.28. The number of carbonyl (C=O) groups excluding carboxylic acids is 1. The molecule has 2 aromatic rings. The average molecular weight is 295 g/mol. The monoisotopic (exact) mass is 295 g/mol. The Kier molecular flexibility index (Phi) is 4.14. The summed E-state index contributed by atoms with van der Waals surface area (Å²) < 4.78 is 0. The van der Waals surface area contributed by atoms with Crippen molar-refractivity contribution >= 4 is 5.91 Å². The Labute approximate surface area is 128 Å². The van der Waals surface area contributed by atoms with E-state index in [4.69, 9.17) is 0 Å². The lowest BCUT2D eigenvalue weighted by molar-refractivity contribution is -0.121. The molecule has 0 spiro atoms. The van der Waals surface area contributed by atoms with Gasteiger partial charge in [-0.1, -0.05) is 60.7 Å². The number of rotatable bonds is 3. The zero-order chi connectivity index (χ0) is 15.4. The minimum Gasteiger partial charge on any atom is -0.354 e. The Balaban J connectivity index is 2.00. The van der Waals surface area contributed by atoms with Crippen molar-refractivity contribution in [2.45, 2.75) is 18.5 Å². The highest BCUT2D eigenvalue weighted by atomic mass is 16.3. The van der Waals surface area contributed by atoms with Crippen molar-refractivity contribution < 1.29 is 4.79 Å². The van der Waals surface area contributed by atoms with E-state index in [1.54, 1.807) is 0 Å². The average Bonchev–Trinajstić information content (AvgIpc) is 2.75. The zero-order valence-corrected chi connectivity index (χ0v) is 12.1. The van der Waals surface area contributed by atoms with Crippen LogP contribution in [-0.2, 0) is 4.79 Å². The first kappa shape index (κ1) is 14.3. The van der Waals surface area contributed by atoms with Crippen molar-refractivity contribution in [1.82, 2.24) is 10.3 Å². The Morgan fingerprint density at radius 1 is 0.909 bits per heavy atom. The first-order valence-electron chi connectivity index (χ1n) is 7.28. The second kappa shape index (κ2) is 6.39. The van der Waals surface area contributed by atoms with Crippen molar-refractivity contribution in [2.24, 2.45) is 5.29 Å². The molecule has 0 radical (unpaired) electrons. The fourth-order valence-corrected chi connectivity index (χ4v) is 2.87. The molecule has 1 aliphatic heterocycles. The van der Waals surface area contributed by atoms with E-state index in [1.807, 2.05) is 60.7 Å². The SMILES string of the molecule is O=NN1[C@@H](c2ccccc2)CC(=O)NC[C@H]1c1ccccc1. The van der Waals surface area contributed by atoms with Crippen LogP contribution in [0.5, 0.6) is 0 Å². The highest BCUT2D eigenvalue weighted by molar-refractivity contribution is 5.77. The summed E-state index contributed by atoms with van der Waals surface area (Å²) in [4.78, 5) is 23.5. The summed E-state index contributed by atoms with van der Waals surface area (Å²) in [7, 11) is 0. The van der Waals surface area contributed by atoms with Gasteiger partial charge < -0.3 is 5.32 Å². The van der Waals surface area contributed by atoms with Crippen molar-refractivity contribution in [3.8, 4) is 0 Å². The van der Waals surface area contributed by atoms with Gasteiger partial charge in [0.1, 0.15) is 0 Å². The van der Waals surface area contributed by atoms with Crippen LogP contribution < -0.4 is 5.32 Å². The molecule has 0 bridgehead atoms. The van der Waals surface area contributed by atoms with E-state index >= 15 is 0 Å². The molecular formula is C17H17N3O2. The van der Waals surface area contributed by atoms with Crippen LogP contribution >= 0.6 is 0 Å². The predicted octanol–water partition coefficient (Wildman–Crippen LogP) is 2.97. The predicted molar refractivity (Wildman–Crippen MR) is 83.6 cm³/mol. The maximum atomic E-state index is 12.0. The van der Waals surface area contributed by atoms with Crippen LogP contribution in [0.25, 0.3) is 0 Å². The molecule has 2 atom stereocenters. The van der Waals surface area contributed by atoms with E-state index in [0.29, 0.717) is 6.54 Å². The maximum Gasteiger partial charge on any atom is 0.222 e. The van der Waals surface area contributed by atoms with E-state index in [9.17, 15) is 9.70 Å². The fraction of sp³-hybridized carbons (Fsp3) is 0.235. The summed E-state index contributed by atoms with van der Waals surface area (Å²) in [6, 6.07) is 18.6. The van der Waals surface area contributed by atoms with Crippen LogP contribution in [-0.4, -0.2) is 17.5 Å². The number of nitroso groups, excluding NO2 is 1. The van der Waals surface area contributed by atoms with Crippen LogP contribution in [0.1, 0.15) is 29.6 Å². The van der Waals surface area contributed by atoms with Gasteiger partial charge in [0.25, 0.3) is 0 Å². The molecule has 3 rings (SSSR count). The molecule has 112 valence electrons. The number of hydrogen-bond acceptors (Lipinski definition) is 3. The number of nitrogens with zero attached hydrogens (tertiary/aromatic N) is 2. The van der Waals surface area contributed by atoms with Gasteiger partial charge in [0, 0.05) is 6.54 Å². The molecule has 1 fully saturated rings. The smallest absolute Gasteiger partial charge is 0.222 e. The lowest BCUT2D eigenvalue weighted by Crippen LogP contribution is -2.30. The summed E-state index contributed by atoms with van der Waals surface area (Å²) >= 11 is 0. The minimum absolute atomic E-state index is 0.0686. The molecule has 0 aromatic heterocycles. The van der Waals surface area contributed by atoms with E-state index in [2.05, 4.69) is 10.6 Å². The third-order valence-corrected chi connectivity index (χ3v) is 3.97. The zero-order valence-electron chi connectivity index (χ0n) is 12.1. The molecule has 2 aromatic carbocycles. The van der Waals surface area contributed by atoms with Gasteiger partial charge in [-0.15, -0.1) is 4.91 Å². The van der Waals surface area contributed by atoms with Crippen LogP contribution in [0.4, 0.5) is 0 Å². The van der Waals surface area contributed by atoms with Gasteiger partial charge in [-0.3, -0.25) is 4.79 Å². The summed E-state index contributed by atoms with van der Waals surface area (Å²) in [6.45, 7) is 0.373. The van der Waals surface area contributed by atoms with Gasteiger partial charge in [-0.25, -0.2) is 5.01 Å². The van der Waals surface area contributed by atoms with Crippen LogP contribution in [0.3, 0.4) is 0 Å². The van der Waals surface area contributed by atoms with E-state index in [1.165, 1.54) is 5.01 Å². The molecular weight excluding hydrogens is 278 g/mol. The number of amides is 1. The first-order chi connectivity index (χ1) is 10.8. The Bertz CT molecular complexity index is 645. The number of nitrogens with one attached hydrogen (secondary N) is 1. The van der Waals surface area contributed by atoms with Gasteiger partial charge in [-0.05, 0) is 11.1 Å². The van der Waals surface area contributed by atoms with Crippen LogP contribution in [0.15, 0.2) is 65.9 Å². The van der Waals surface area contributed by atoms with Crippen molar-refractivity contribution in [2.75, 3.05) is 6.54 Å². The molecule has 1 heterocycles. The van der Waals surface area contributed by atoms with Gasteiger partial charge in [0.2, 0.25) is 5.91 Å². The molecule has 5 nitrogen and oxygen atoms in total. The summed E-state index contributed by atoms with van der Waals surface area (Å²) in [5, 5.41) is 7.63. The highest BCUT2D eigenvalue weighted by Crippen LogP contribution is 2.34. The maximum absolute atomic E-state index is 12.0. The molecule has 1 saturated heterocycles. The topological polar surface area (TPSA) is 61.8 Å². The standard InChI is InChI=1S/C17H17N3O2/c21-17-11-15(13-7-3-1-4-8-13)20(19-22)16(12-18-17)14-9-5-2-6-10-14/h1-10,15-16H,11-12H2,(H,18,21)/t15-,16+/m1/s1. The second-order valence-electron chi connectivity index (χ2n) is 5.32. The molecule has 0 unspecified atom stereocenters. The van der Waals surface area contributed by atoms with Crippen LogP contribution in [0.2, 0.25) is 0 Å². The van der Waals surface area contributed by atoms with Crippen molar-refractivity contribution in [3.05, 3.63) is 76.7 Å². The lowest BCUT2D eigenvalue weighted by atomic mass is 10.0. The summed E-state index contributed by atoms with van der Waals surface area (Å²) in [5.41, 5.74) is 1.88. The lowest BCUT2D eigenvalue weighted by Gasteiger charge is -2.30. The summed E-state index contributed by atoms with van der Waals surface area (Å²) in [6.07, 6.45) is 0.221. The Morgan fingerprint density at radius 2 is 1.45 bits per heavy atom. The van der Waals surface area contributed by atoms with Gasteiger partial charge >= 0.3 is 0 Å². The number of carbonyl (C=O) groups is 1.